The third kappa shape index (κ3) is 4.82. The van der Waals surface area contributed by atoms with Gasteiger partial charge in [0.25, 0.3) is 0 Å². The molecule has 0 aromatic heterocycles. The van der Waals surface area contributed by atoms with E-state index in [1.54, 1.807) is 0 Å². The fraction of sp³-hybridized carbons (Fsp3) is 0.800. The molecular formula is C5H6F3NaO4. The van der Waals surface area contributed by atoms with Crippen LogP contribution in [0.2, 0.25) is 0 Å². The van der Waals surface area contributed by atoms with E-state index in [1.807, 2.05) is 0 Å². The van der Waals surface area contributed by atoms with Crippen LogP contribution in [0.15, 0.2) is 0 Å². The van der Waals surface area contributed by atoms with Crippen molar-refractivity contribution in [3.63, 3.8) is 0 Å². The van der Waals surface area contributed by atoms with Gasteiger partial charge in [0.1, 0.15) is 6.79 Å². The zero-order valence-electron chi connectivity index (χ0n) is 5.76. The second-order valence-corrected chi connectivity index (χ2v) is 2.01. The van der Waals surface area contributed by atoms with Gasteiger partial charge >= 0.3 is 41.9 Å². The summed E-state index contributed by atoms with van der Waals surface area (Å²) >= 11 is 0. The molecule has 1 heterocycles. The van der Waals surface area contributed by atoms with Crippen LogP contribution < -0.4 is 0 Å². The Morgan fingerprint density at radius 3 is 2.46 bits per heavy atom. The molecule has 4 nitrogen and oxygen atoms in total. The van der Waals surface area contributed by atoms with Gasteiger partial charge in [0, 0.05) is 0 Å². The summed E-state index contributed by atoms with van der Waals surface area (Å²) in [7, 11) is 0. The summed E-state index contributed by atoms with van der Waals surface area (Å²) in [6.45, 7) is -0.382. The zero-order valence-corrected chi connectivity index (χ0v) is 5.76. The molecule has 72 valence electrons. The van der Waals surface area contributed by atoms with Gasteiger partial charge in [-0.2, -0.15) is 0 Å². The van der Waals surface area contributed by atoms with Crippen molar-refractivity contribution >= 4 is 35.5 Å². The zero-order chi connectivity index (χ0) is 9.19. The first kappa shape index (κ1) is 13.2. The van der Waals surface area contributed by atoms with Gasteiger partial charge in [0.15, 0.2) is 6.10 Å². The third-order valence-electron chi connectivity index (χ3n) is 1.10. The van der Waals surface area contributed by atoms with Crippen LogP contribution in [0.3, 0.4) is 0 Å². The predicted molar refractivity (Wildman–Crippen MR) is 35.0 cm³/mol. The molecule has 0 saturated carbocycles. The standard InChI is InChI=1S/C5H5F3O4.Na.H/c6-5(7,8)12-4(9)3-1-10-2-11-3;;/h3H,1-2H2;;. The van der Waals surface area contributed by atoms with Gasteiger partial charge in [-0.1, -0.05) is 0 Å². The number of hydrogen-bond donors (Lipinski definition) is 0. The van der Waals surface area contributed by atoms with Crippen LogP contribution in [0, 0.1) is 0 Å². The molecule has 0 aliphatic carbocycles. The molecule has 0 aromatic carbocycles. The molecule has 1 aliphatic heterocycles. The van der Waals surface area contributed by atoms with Gasteiger partial charge in [0.05, 0.1) is 6.61 Å². The summed E-state index contributed by atoms with van der Waals surface area (Å²) in [5, 5.41) is 0. The van der Waals surface area contributed by atoms with Crippen LogP contribution in [0.5, 0.6) is 0 Å². The predicted octanol–water partition coefficient (Wildman–Crippen LogP) is -0.226. The fourth-order valence-corrected chi connectivity index (χ4v) is 0.649. The van der Waals surface area contributed by atoms with E-state index in [0.717, 1.165) is 0 Å². The fourth-order valence-electron chi connectivity index (χ4n) is 0.649. The molecule has 0 aromatic rings. The van der Waals surface area contributed by atoms with E-state index in [2.05, 4.69) is 14.2 Å². The number of ether oxygens (including phenoxy) is 3. The molecular weight excluding hydrogens is 204 g/mol. The SMILES string of the molecule is O=C(OC(F)(F)F)C1COCO1.[NaH]. The average molecular weight is 210 g/mol. The van der Waals surface area contributed by atoms with Crippen LogP contribution in [0.25, 0.3) is 0 Å². The molecule has 0 amide bonds. The minimum absolute atomic E-state index is 0. The van der Waals surface area contributed by atoms with E-state index in [9.17, 15) is 18.0 Å². The summed E-state index contributed by atoms with van der Waals surface area (Å²) in [6, 6.07) is 0. The van der Waals surface area contributed by atoms with Gasteiger partial charge < -0.3 is 14.2 Å². The molecule has 0 N–H and O–H groups in total. The minimum atomic E-state index is -4.96. The molecule has 1 rings (SSSR count). The van der Waals surface area contributed by atoms with E-state index in [1.165, 1.54) is 0 Å². The van der Waals surface area contributed by atoms with E-state index in [0.29, 0.717) is 0 Å². The Morgan fingerprint density at radius 2 is 2.08 bits per heavy atom. The first-order chi connectivity index (χ1) is 5.49. The van der Waals surface area contributed by atoms with Gasteiger partial charge in [-0.05, 0) is 0 Å². The first-order valence-electron chi connectivity index (χ1n) is 2.98. The second kappa shape index (κ2) is 5.16. The van der Waals surface area contributed by atoms with E-state index in [4.69, 9.17) is 0 Å². The molecule has 1 saturated heterocycles. The molecule has 0 bridgehead atoms. The quantitative estimate of drug-likeness (QED) is 0.443. The van der Waals surface area contributed by atoms with Gasteiger partial charge in [-0.3, -0.25) is 0 Å². The number of hydrogen-bond acceptors (Lipinski definition) is 4. The number of halogens is 3. The Hall–Kier alpha value is 0.180. The Morgan fingerprint density at radius 1 is 1.46 bits per heavy atom. The Labute approximate surface area is 93.6 Å². The second-order valence-electron chi connectivity index (χ2n) is 2.01. The average Bonchev–Trinajstić information content (AvgIpc) is 2.32. The Bertz CT molecular complexity index is 177. The number of esters is 1. The van der Waals surface area contributed by atoms with Crippen molar-refractivity contribution < 1.29 is 32.2 Å². The van der Waals surface area contributed by atoms with Gasteiger partial charge in [-0.15, -0.1) is 13.2 Å². The number of alkyl halides is 3. The molecule has 0 spiro atoms. The van der Waals surface area contributed by atoms with Crippen molar-refractivity contribution in [3.05, 3.63) is 0 Å². The number of carbonyl (C=O) groups excluding carboxylic acids is 1. The summed E-state index contributed by atoms with van der Waals surface area (Å²) < 4.78 is 46.3. The maximum absolute atomic E-state index is 11.4. The molecule has 8 heteroatoms. The topological polar surface area (TPSA) is 44.8 Å². The van der Waals surface area contributed by atoms with Crippen molar-refractivity contribution in [2.24, 2.45) is 0 Å². The number of carbonyl (C=O) groups is 1. The normalized spacial score (nSPS) is 22.2. The summed E-state index contributed by atoms with van der Waals surface area (Å²) in [6.07, 6.45) is -6.21. The molecule has 1 atom stereocenters. The van der Waals surface area contributed by atoms with Crippen LogP contribution >= 0.6 is 0 Å². The molecule has 1 fully saturated rings. The molecule has 13 heavy (non-hydrogen) atoms. The number of rotatable bonds is 1. The van der Waals surface area contributed by atoms with Crippen molar-refractivity contribution in [2.45, 2.75) is 12.5 Å². The summed E-state index contributed by atoms with van der Waals surface area (Å²) in [4.78, 5) is 10.5. The summed E-state index contributed by atoms with van der Waals surface area (Å²) in [5.41, 5.74) is 0. The maximum atomic E-state index is 11.4. The molecule has 1 unspecified atom stereocenters. The van der Waals surface area contributed by atoms with E-state index < -0.39 is 18.4 Å². The van der Waals surface area contributed by atoms with Crippen molar-refractivity contribution in [1.82, 2.24) is 0 Å². The van der Waals surface area contributed by atoms with E-state index in [-0.39, 0.29) is 43.0 Å². The van der Waals surface area contributed by atoms with E-state index >= 15 is 0 Å². The molecule has 0 radical (unpaired) electrons. The van der Waals surface area contributed by atoms with Gasteiger partial charge in [-0.25, -0.2) is 4.79 Å². The summed E-state index contributed by atoms with van der Waals surface area (Å²) in [5.74, 6) is -1.47. The monoisotopic (exact) mass is 210 g/mol. The van der Waals surface area contributed by atoms with Crippen LogP contribution in [-0.2, 0) is 19.0 Å². The molecule has 1 aliphatic rings. The van der Waals surface area contributed by atoms with Gasteiger partial charge in [0.2, 0.25) is 0 Å². The van der Waals surface area contributed by atoms with Crippen molar-refractivity contribution in [1.29, 1.82) is 0 Å². The Balaban J connectivity index is 0.00000144. The first-order valence-corrected chi connectivity index (χ1v) is 2.98. The van der Waals surface area contributed by atoms with Crippen LogP contribution in [0.4, 0.5) is 13.2 Å². The van der Waals surface area contributed by atoms with Crippen molar-refractivity contribution in [2.75, 3.05) is 13.4 Å². The van der Waals surface area contributed by atoms with Crippen molar-refractivity contribution in [3.8, 4) is 0 Å². The Kier molecular flexibility index (Phi) is 5.23. The third-order valence-corrected chi connectivity index (χ3v) is 1.10. The van der Waals surface area contributed by atoms with Crippen LogP contribution in [0.1, 0.15) is 0 Å². The van der Waals surface area contributed by atoms with Crippen LogP contribution in [-0.4, -0.2) is 61.4 Å².